The maximum absolute atomic E-state index is 13.8. The number of nitrogens with two attached hydrogens (primary N) is 1. The third-order valence-electron chi connectivity index (χ3n) is 3.19. The van der Waals surface area contributed by atoms with Crippen LogP contribution in [0.5, 0.6) is 0 Å². The fourth-order valence-corrected chi connectivity index (χ4v) is 2.22. The molecule has 2 aromatic heterocycles. The zero-order chi connectivity index (χ0) is 12.9. The first-order chi connectivity index (χ1) is 8.58. The van der Waals surface area contributed by atoms with Crippen LogP contribution in [0.15, 0.2) is 30.3 Å². The van der Waals surface area contributed by atoms with Crippen LogP contribution in [-0.4, -0.2) is 14.3 Å². The van der Waals surface area contributed by atoms with Crippen LogP contribution in [0.1, 0.15) is 0 Å². The van der Waals surface area contributed by atoms with Crippen LogP contribution in [0.2, 0.25) is 0 Å². The predicted molar refractivity (Wildman–Crippen MR) is 69.5 cm³/mol. The predicted octanol–water partition coefficient (Wildman–Crippen LogP) is 2.30. The molecule has 0 aliphatic rings. The number of hydrogen-bond acceptors (Lipinski definition) is 2. The van der Waals surface area contributed by atoms with Crippen molar-refractivity contribution < 1.29 is 4.39 Å². The molecule has 5 heteroatoms. The molecule has 2 N–H and O–H groups in total. The Hall–Kier alpha value is -2.30. The van der Waals surface area contributed by atoms with E-state index in [2.05, 4.69) is 5.10 Å². The topological polar surface area (TPSA) is 48.8 Å². The summed E-state index contributed by atoms with van der Waals surface area (Å²) in [5, 5.41) is 5.17. The Balaban J connectivity index is 2.30. The Morgan fingerprint density at radius 1 is 1.22 bits per heavy atom. The average molecular weight is 244 g/mol. The second-order valence-electron chi connectivity index (χ2n) is 4.34. The fourth-order valence-electron chi connectivity index (χ4n) is 2.22. The number of halogens is 1. The molecule has 0 amide bonds. The van der Waals surface area contributed by atoms with Crippen LogP contribution in [0.3, 0.4) is 0 Å². The molecule has 92 valence electrons. The maximum Gasteiger partial charge on any atom is 0.147 e. The number of nitrogens with zero attached hydrogens (tertiary/aromatic N) is 3. The number of fused-ring (bicyclic) bond motifs is 1. The summed E-state index contributed by atoms with van der Waals surface area (Å²) in [5.74, 6) is 0.348. The lowest BCUT2D eigenvalue weighted by atomic mass is 10.2. The zero-order valence-corrected chi connectivity index (χ0v) is 10.2. The van der Waals surface area contributed by atoms with E-state index < -0.39 is 0 Å². The molecule has 4 nitrogen and oxygen atoms in total. The van der Waals surface area contributed by atoms with E-state index in [1.807, 2.05) is 19.2 Å². The van der Waals surface area contributed by atoms with Crippen LogP contribution < -0.4 is 5.73 Å². The van der Waals surface area contributed by atoms with Crippen LogP contribution in [-0.2, 0) is 14.1 Å². The number of rotatable bonds is 1. The number of hydrogen-bond donors (Lipinski definition) is 1. The largest absolute Gasteiger partial charge is 0.384 e. The molecular weight excluding hydrogens is 231 g/mol. The summed E-state index contributed by atoms with van der Waals surface area (Å²) in [6.07, 6.45) is 0. The lowest BCUT2D eigenvalue weighted by Crippen LogP contribution is -1.97. The van der Waals surface area contributed by atoms with Crippen molar-refractivity contribution in [2.75, 3.05) is 5.73 Å². The molecule has 0 radical (unpaired) electrons. The van der Waals surface area contributed by atoms with Gasteiger partial charge in [0.2, 0.25) is 0 Å². The summed E-state index contributed by atoms with van der Waals surface area (Å²) in [5.41, 5.74) is 7.94. The molecule has 0 bridgehead atoms. The summed E-state index contributed by atoms with van der Waals surface area (Å²) in [7, 11) is 3.60. The molecule has 0 aliphatic carbocycles. The van der Waals surface area contributed by atoms with Crippen LogP contribution in [0.25, 0.3) is 22.3 Å². The van der Waals surface area contributed by atoms with Gasteiger partial charge in [-0.15, -0.1) is 0 Å². The van der Waals surface area contributed by atoms with Crippen molar-refractivity contribution in [1.29, 1.82) is 0 Å². The molecule has 0 aliphatic heterocycles. The van der Waals surface area contributed by atoms with E-state index in [0.29, 0.717) is 11.3 Å². The Morgan fingerprint density at radius 3 is 2.61 bits per heavy atom. The maximum atomic E-state index is 13.8. The molecule has 2 heterocycles. The van der Waals surface area contributed by atoms with Gasteiger partial charge in [-0.2, -0.15) is 5.10 Å². The van der Waals surface area contributed by atoms with Gasteiger partial charge in [0.1, 0.15) is 17.3 Å². The quantitative estimate of drug-likeness (QED) is 0.714. The minimum absolute atomic E-state index is 0.231. The van der Waals surface area contributed by atoms with E-state index in [4.69, 9.17) is 5.73 Å². The number of anilines is 1. The second-order valence-corrected chi connectivity index (χ2v) is 4.34. The van der Waals surface area contributed by atoms with Crippen LogP contribution in [0.4, 0.5) is 10.2 Å². The highest BCUT2D eigenvalue weighted by molar-refractivity contribution is 5.87. The van der Waals surface area contributed by atoms with Crippen molar-refractivity contribution in [2.24, 2.45) is 14.1 Å². The standard InChI is InChI=1S/C13H13FN4/c1-17-11(10-7-12(15)18(2)16-10)6-8-4-3-5-9(14)13(8)17/h3-7H,15H2,1-2H3. The number of aromatic nitrogens is 3. The summed E-state index contributed by atoms with van der Waals surface area (Å²) < 4.78 is 17.2. The Labute approximate surface area is 103 Å². The van der Waals surface area contributed by atoms with E-state index in [1.54, 1.807) is 28.4 Å². The highest BCUT2D eigenvalue weighted by Crippen LogP contribution is 2.28. The van der Waals surface area contributed by atoms with Gasteiger partial charge in [0.05, 0.1) is 11.2 Å². The molecule has 0 fully saturated rings. The van der Waals surface area contributed by atoms with E-state index in [1.165, 1.54) is 6.07 Å². The van der Waals surface area contributed by atoms with E-state index in [-0.39, 0.29) is 5.82 Å². The SMILES string of the molecule is Cn1nc(-c2cc3cccc(F)c3n2C)cc1N. The van der Waals surface area contributed by atoms with Gasteiger partial charge in [-0.1, -0.05) is 12.1 Å². The normalized spacial score (nSPS) is 11.3. The lowest BCUT2D eigenvalue weighted by Gasteiger charge is -2.01. The summed E-state index contributed by atoms with van der Waals surface area (Å²) >= 11 is 0. The third-order valence-corrected chi connectivity index (χ3v) is 3.19. The highest BCUT2D eigenvalue weighted by atomic mass is 19.1. The van der Waals surface area contributed by atoms with Gasteiger partial charge in [0.25, 0.3) is 0 Å². The molecule has 0 unspecified atom stereocenters. The zero-order valence-electron chi connectivity index (χ0n) is 10.2. The van der Waals surface area contributed by atoms with Gasteiger partial charge >= 0.3 is 0 Å². The van der Waals surface area contributed by atoms with Crippen LogP contribution >= 0.6 is 0 Å². The Kier molecular flexibility index (Phi) is 2.16. The van der Waals surface area contributed by atoms with Crippen molar-refractivity contribution >= 4 is 16.7 Å². The highest BCUT2D eigenvalue weighted by Gasteiger charge is 2.13. The number of aryl methyl sites for hydroxylation is 2. The minimum atomic E-state index is -0.231. The number of benzene rings is 1. The molecule has 0 saturated carbocycles. The van der Waals surface area contributed by atoms with Crippen molar-refractivity contribution in [3.8, 4) is 11.4 Å². The molecular formula is C13H13FN4. The van der Waals surface area contributed by atoms with Crippen LogP contribution in [0, 0.1) is 5.82 Å². The van der Waals surface area contributed by atoms with Gasteiger partial charge in [-0.25, -0.2) is 4.39 Å². The Bertz CT molecular complexity index is 719. The molecule has 3 rings (SSSR count). The molecule has 0 atom stereocenters. The van der Waals surface area contributed by atoms with Crippen molar-refractivity contribution in [1.82, 2.24) is 14.3 Å². The number of para-hydroxylation sites is 1. The fraction of sp³-hybridized carbons (Fsp3) is 0.154. The van der Waals surface area contributed by atoms with Gasteiger partial charge < -0.3 is 10.3 Å². The van der Waals surface area contributed by atoms with E-state index in [0.717, 1.165) is 16.8 Å². The van der Waals surface area contributed by atoms with Crippen molar-refractivity contribution in [3.63, 3.8) is 0 Å². The smallest absolute Gasteiger partial charge is 0.147 e. The van der Waals surface area contributed by atoms with Gasteiger partial charge in [-0.3, -0.25) is 4.68 Å². The number of nitrogen functional groups attached to an aromatic ring is 1. The van der Waals surface area contributed by atoms with Gasteiger partial charge in [0, 0.05) is 25.5 Å². The average Bonchev–Trinajstić information content (AvgIpc) is 2.82. The molecule has 0 spiro atoms. The van der Waals surface area contributed by atoms with E-state index >= 15 is 0 Å². The lowest BCUT2D eigenvalue weighted by molar-refractivity contribution is 0.632. The monoisotopic (exact) mass is 244 g/mol. The second kappa shape index (κ2) is 3.60. The first-order valence-electron chi connectivity index (χ1n) is 5.62. The molecule has 18 heavy (non-hydrogen) atoms. The van der Waals surface area contributed by atoms with Crippen molar-refractivity contribution in [2.45, 2.75) is 0 Å². The van der Waals surface area contributed by atoms with Crippen molar-refractivity contribution in [3.05, 3.63) is 36.1 Å². The van der Waals surface area contributed by atoms with E-state index in [9.17, 15) is 4.39 Å². The van der Waals surface area contributed by atoms with Gasteiger partial charge in [-0.05, 0) is 12.1 Å². The third kappa shape index (κ3) is 1.40. The molecule has 1 aromatic carbocycles. The minimum Gasteiger partial charge on any atom is -0.384 e. The summed E-state index contributed by atoms with van der Waals surface area (Å²) in [6, 6.07) is 8.74. The first-order valence-corrected chi connectivity index (χ1v) is 5.62. The first kappa shape index (κ1) is 10.8. The molecule has 0 saturated heterocycles. The molecule has 3 aromatic rings. The Morgan fingerprint density at radius 2 is 2.00 bits per heavy atom. The summed E-state index contributed by atoms with van der Waals surface area (Å²) in [6.45, 7) is 0. The summed E-state index contributed by atoms with van der Waals surface area (Å²) in [4.78, 5) is 0. The van der Waals surface area contributed by atoms with Gasteiger partial charge in [0.15, 0.2) is 0 Å².